The third-order valence-corrected chi connectivity index (χ3v) is 3.98. The first kappa shape index (κ1) is 14.0. The van der Waals surface area contributed by atoms with E-state index in [4.69, 9.17) is 11.6 Å². The fraction of sp³-hybridized carbons (Fsp3) is 0.727. The average molecular weight is 309 g/mol. The highest BCUT2D eigenvalue weighted by Crippen LogP contribution is 2.21. The standard InChI is InChI=1S/C11H19BrClN3/c1-4-8(13)6-14-7-10-11(12)9(5-2)15-16(10)3/h8,14H,4-7H2,1-3H3. The molecule has 92 valence electrons. The first-order chi connectivity index (χ1) is 7.60. The molecule has 0 bridgehead atoms. The number of aromatic nitrogens is 2. The highest BCUT2D eigenvalue weighted by atomic mass is 79.9. The smallest absolute Gasteiger partial charge is 0.0767 e. The molecule has 0 saturated carbocycles. The highest BCUT2D eigenvalue weighted by molar-refractivity contribution is 9.10. The molecule has 1 heterocycles. The van der Waals surface area contributed by atoms with Crippen LogP contribution in [-0.4, -0.2) is 21.7 Å². The molecule has 0 aliphatic carbocycles. The Morgan fingerprint density at radius 2 is 2.19 bits per heavy atom. The van der Waals surface area contributed by atoms with Crippen LogP contribution in [0.25, 0.3) is 0 Å². The van der Waals surface area contributed by atoms with Crippen molar-refractivity contribution >= 4 is 27.5 Å². The Hall–Kier alpha value is -0.0600. The topological polar surface area (TPSA) is 29.9 Å². The van der Waals surface area contributed by atoms with Crippen LogP contribution in [0.15, 0.2) is 4.47 Å². The second kappa shape index (κ2) is 6.62. The van der Waals surface area contributed by atoms with Crippen LogP contribution >= 0.6 is 27.5 Å². The Labute approximate surface area is 111 Å². The number of halogens is 2. The normalized spacial score (nSPS) is 13.1. The van der Waals surface area contributed by atoms with Gasteiger partial charge < -0.3 is 5.32 Å². The maximum absolute atomic E-state index is 6.05. The minimum Gasteiger partial charge on any atom is -0.310 e. The third kappa shape index (κ3) is 3.47. The van der Waals surface area contributed by atoms with Gasteiger partial charge in [0.15, 0.2) is 0 Å². The van der Waals surface area contributed by atoms with Crippen molar-refractivity contribution in [3.63, 3.8) is 0 Å². The Bertz CT molecular complexity index is 338. The van der Waals surface area contributed by atoms with E-state index in [1.54, 1.807) is 0 Å². The van der Waals surface area contributed by atoms with E-state index in [9.17, 15) is 0 Å². The van der Waals surface area contributed by atoms with Gasteiger partial charge in [-0.2, -0.15) is 5.10 Å². The van der Waals surface area contributed by atoms with Crippen LogP contribution in [-0.2, 0) is 20.0 Å². The van der Waals surface area contributed by atoms with E-state index in [1.165, 1.54) is 5.69 Å². The molecule has 1 aromatic rings. The van der Waals surface area contributed by atoms with Crippen LogP contribution in [0.4, 0.5) is 0 Å². The zero-order valence-electron chi connectivity index (χ0n) is 10.1. The lowest BCUT2D eigenvalue weighted by Gasteiger charge is -2.08. The summed E-state index contributed by atoms with van der Waals surface area (Å²) in [5.74, 6) is 0. The largest absolute Gasteiger partial charge is 0.310 e. The first-order valence-electron chi connectivity index (χ1n) is 5.65. The van der Waals surface area contributed by atoms with Gasteiger partial charge in [0.25, 0.3) is 0 Å². The number of aryl methyl sites for hydroxylation is 2. The minimum atomic E-state index is 0.206. The summed E-state index contributed by atoms with van der Waals surface area (Å²) in [4.78, 5) is 0. The maximum atomic E-state index is 6.05. The van der Waals surface area contributed by atoms with Crippen molar-refractivity contribution < 1.29 is 0 Å². The van der Waals surface area contributed by atoms with Crippen LogP contribution in [0.2, 0.25) is 0 Å². The van der Waals surface area contributed by atoms with Gasteiger partial charge in [-0.05, 0) is 28.8 Å². The molecule has 0 fully saturated rings. The molecule has 3 nitrogen and oxygen atoms in total. The van der Waals surface area contributed by atoms with Gasteiger partial charge in [-0.25, -0.2) is 0 Å². The molecule has 1 rings (SSSR count). The van der Waals surface area contributed by atoms with Crippen molar-refractivity contribution in [3.8, 4) is 0 Å². The van der Waals surface area contributed by atoms with E-state index in [1.807, 2.05) is 11.7 Å². The first-order valence-corrected chi connectivity index (χ1v) is 6.88. The number of nitrogens with zero attached hydrogens (tertiary/aromatic N) is 2. The van der Waals surface area contributed by atoms with Crippen molar-refractivity contribution in [1.82, 2.24) is 15.1 Å². The fourth-order valence-corrected chi connectivity index (χ4v) is 2.37. The molecule has 5 heteroatoms. The maximum Gasteiger partial charge on any atom is 0.0767 e. The molecule has 1 atom stereocenters. The molecule has 1 N–H and O–H groups in total. The zero-order chi connectivity index (χ0) is 12.1. The quantitative estimate of drug-likeness (QED) is 0.819. The minimum absolute atomic E-state index is 0.206. The van der Waals surface area contributed by atoms with Crippen LogP contribution in [0.5, 0.6) is 0 Å². The van der Waals surface area contributed by atoms with Crippen molar-refractivity contribution in [2.75, 3.05) is 6.54 Å². The molecule has 0 radical (unpaired) electrons. The molecule has 1 unspecified atom stereocenters. The predicted octanol–water partition coefficient (Wildman–Crippen LogP) is 2.85. The van der Waals surface area contributed by atoms with Gasteiger partial charge in [-0.15, -0.1) is 11.6 Å². The van der Waals surface area contributed by atoms with Gasteiger partial charge in [0.05, 0.1) is 15.9 Å². The molecule has 1 aromatic heterocycles. The lowest BCUT2D eigenvalue weighted by atomic mass is 10.3. The average Bonchev–Trinajstić information content (AvgIpc) is 2.55. The van der Waals surface area contributed by atoms with Crippen LogP contribution < -0.4 is 5.32 Å². The molecule has 0 aliphatic rings. The summed E-state index contributed by atoms with van der Waals surface area (Å²) in [6.07, 6.45) is 1.93. The second-order valence-corrected chi connectivity index (χ2v) is 5.23. The van der Waals surface area contributed by atoms with Gasteiger partial charge in [-0.1, -0.05) is 13.8 Å². The number of alkyl halides is 1. The fourth-order valence-electron chi connectivity index (χ4n) is 1.50. The molecule has 0 saturated heterocycles. The molecular formula is C11H19BrClN3. The third-order valence-electron chi connectivity index (χ3n) is 2.60. The van der Waals surface area contributed by atoms with E-state index in [2.05, 4.69) is 40.2 Å². The lowest BCUT2D eigenvalue weighted by molar-refractivity contribution is 0.603. The van der Waals surface area contributed by atoms with Crippen LogP contribution in [0, 0.1) is 0 Å². The van der Waals surface area contributed by atoms with E-state index < -0.39 is 0 Å². The van der Waals surface area contributed by atoms with E-state index in [-0.39, 0.29) is 5.38 Å². The van der Waals surface area contributed by atoms with E-state index in [0.717, 1.165) is 36.1 Å². The summed E-state index contributed by atoms with van der Waals surface area (Å²) in [7, 11) is 1.97. The Morgan fingerprint density at radius 3 is 2.69 bits per heavy atom. The highest BCUT2D eigenvalue weighted by Gasteiger charge is 2.12. The second-order valence-electron chi connectivity index (χ2n) is 3.82. The monoisotopic (exact) mass is 307 g/mol. The van der Waals surface area contributed by atoms with Crippen molar-refractivity contribution in [1.29, 1.82) is 0 Å². The van der Waals surface area contributed by atoms with Gasteiger partial charge in [0.2, 0.25) is 0 Å². The predicted molar refractivity (Wildman–Crippen MR) is 71.9 cm³/mol. The molecule has 16 heavy (non-hydrogen) atoms. The van der Waals surface area contributed by atoms with Gasteiger partial charge >= 0.3 is 0 Å². The summed E-state index contributed by atoms with van der Waals surface area (Å²) in [6.45, 7) is 5.83. The molecule has 0 spiro atoms. The van der Waals surface area contributed by atoms with E-state index >= 15 is 0 Å². The SMILES string of the molecule is CCc1nn(C)c(CNCC(Cl)CC)c1Br. The Morgan fingerprint density at radius 1 is 1.50 bits per heavy atom. The van der Waals surface area contributed by atoms with E-state index in [0.29, 0.717) is 0 Å². The number of hydrogen-bond acceptors (Lipinski definition) is 2. The Kier molecular flexibility index (Phi) is 5.79. The number of hydrogen-bond donors (Lipinski definition) is 1. The van der Waals surface area contributed by atoms with Crippen molar-refractivity contribution in [2.24, 2.45) is 7.05 Å². The Balaban J connectivity index is 2.56. The summed E-state index contributed by atoms with van der Waals surface area (Å²) in [6, 6.07) is 0. The van der Waals surface area contributed by atoms with Gasteiger partial charge in [-0.3, -0.25) is 4.68 Å². The molecule has 0 aromatic carbocycles. The molecule has 0 amide bonds. The zero-order valence-corrected chi connectivity index (χ0v) is 12.4. The van der Waals surface area contributed by atoms with Crippen LogP contribution in [0.1, 0.15) is 31.7 Å². The van der Waals surface area contributed by atoms with Gasteiger partial charge in [0.1, 0.15) is 0 Å². The molecule has 0 aliphatic heterocycles. The van der Waals surface area contributed by atoms with Gasteiger partial charge in [0, 0.05) is 25.5 Å². The summed E-state index contributed by atoms with van der Waals surface area (Å²) < 4.78 is 3.04. The summed E-state index contributed by atoms with van der Waals surface area (Å²) in [5, 5.41) is 8.00. The van der Waals surface area contributed by atoms with Crippen molar-refractivity contribution in [2.45, 2.75) is 38.6 Å². The summed E-state index contributed by atoms with van der Waals surface area (Å²) >= 11 is 9.64. The summed E-state index contributed by atoms with van der Waals surface area (Å²) in [5.41, 5.74) is 2.29. The van der Waals surface area contributed by atoms with Crippen LogP contribution in [0.3, 0.4) is 0 Å². The molecular weight excluding hydrogens is 289 g/mol. The van der Waals surface area contributed by atoms with Crippen molar-refractivity contribution in [3.05, 3.63) is 15.9 Å². The number of nitrogens with one attached hydrogen (secondary N) is 1. The lowest BCUT2D eigenvalue weighted by Crippen LogP contribution is -2.23. The number of rotatable bonds is 6.